The Balaban J connectivity index is 1.80. The molecule has 0 aliphatic heterocycles. The fourth-order valence-electron chi connectivity index (χ4n) is 3.37. The van der Waals surface area contributed by atoms with Gasteiger partial charge in [0.25, 0.3) is 0 Å². The van der Waals surface area contributed by atoms with Gasteiger partial charge in [0.15, 0.2) is 5.78 Å². The smallest absolute Gasteiger partial charge is 0.416 e. The van der Waals surface area contributed by atoms with Crippen LogP contribution in [-0.4, -0.2) is 27.9 Å². The number of amides is 2. The normalized spacial score (nSPS) is 11.1. The van der Waals surface area contributed by atoms with Gasteiger partial charge < -0.3 is 10.4 Å². The van der Waals surface area contributed by atoms with Crippen molar-refractivity contribution in [3.63, 3.8) is 0 Å². The number of rotatable bonds is 6. The molecule has 176 valence electrons. The first-order valence-electron chi connectivity index (χ1n) is 10.0. The van der Waals surface area contributed by atoms with Crippen LogP contribution in [-0.2, 0) is 11.0 Å². The molecule has 2 amide bonds. The number of anilines is 2. The van der Waals surface area contributed by atoms with Gasteiger partial charge >= 0.3 is 12.3 Å². The summed E-state index contributed by atoms with van der Waals surface area (Å²) in [6.45, 7) is 3.01. The number of ketones is 1. The highest BCUT2D eigenvalue weighted by atomic mass is 19.4. The number of nitrogens with zero attached hydrogens (tertiary/aromatic N) is 1. The molecule has 1 heterocycles. The minimum Gasteiger partial charge on any atom is -0.465 e. The van der Waals surface area contributed by atoms with Gasteiger partial charge in [-0.05, 0) is 60.9 Å². The van der Waals surface area contributed by atoms with Gasteiger partial charge in [0, 0.05) is 17.5 Å². The van der Waals surface area contributed by atoms with Crippen LogP contribution in [0.4, 0.5) is 29.3 Å². The second-order valence-electron chi connectivity index (χ2n) is 7.56. The van der Waals surface area contributed by atoms with Gasteiger partial charge in [0.2, 0.25) is 5.91 Å². The average molecular weight is 471 g/mol. The third kappa shape index (κ3) is 5.97. The molecule has 0 bridgehead atoms. The van der Waals surface area contributed by atoms with Crippen LogP contribution in [0.5, 0.6) is 0 Å². The predicted molar refractivity (Wildman–Crippen MR) is 120 cm³/mol. The molecule has 0 saturated carbocycles. The van der Waals surface area contributed by atoms with Crippen LogP contribution in [0.2, 0.25) is 0 Å². The third-order valence-electron chi connectivity index (χ3n) is 4.92. The Morgan fingerprint density at radius 3 is 2.26 bits per heavy atom. The maximum atomic E-state index is 13.2. The third-order valence-corrected chi connectivity index (χ3v) is 4.92. The van der Waals surface area contributed by atoms with Crippen LogP contribution in [0.3, 0.4) is 0 Å². The summed E-state index contributed by atoms with van der Waals surface area (Å²) in [6, 6.07) is 11.9. The number of carbonyl (C=O) groups excluding carboxylic acids is 2. The average Bonchev–Trinajstić information content (AvgIpc) is 2.74. The van der Waals surface area contributed by atoms with Crippen LogP contribution in [0.25, 0.3) is 11.1 Å². The Morgan fingerprint density at radius 2 is 1.62 bits per heavy atom. The number of nitrogens with one attached hydrogen (secondary N) is 2. The number of carboxylic acid groups (broad SMARTS) is 1. The topological polar surface area (TPSA) is 108 Å². The van der Waals surface area contributed by atoms with Crippen molar-refractivity contribution in [1.29, 1.82) is 0 Å². The lowest BCUT2D eigenvalue weighted by atomic mass is 10.00. The highest BCUT2D eigenvalue weighted by Crippen LogP contribution is 2.37. The number of alkyl halides is 3. The number of halogens is 3. The van der Waals surface area contributed by atoms with Crippen molar-refractivity contribution in [3.8, 4) is 11.1 Å². The van der Waals surface area contributed by atoms with E-state index in [1.807, 2.05) is 18.3 Å². The molecule has 0 aliphatic rings. The first-order chi connectivity index (χ1) is 15.9. The summed E-state index contributed by atoms with van der Waals surface area (Å²) in [7, 11) is 0. The summed E-state index contributed by atoms with van der Waals surface area (Å²) in [6.07, 6.45) is -5.27. The van der Waals surface area contributed by atoms with E-state index < -0.39 is 41.6 Å². The van der Waals surface area contributed by atoms with Crippen molar-refractivity contribution < 1.29 is 32.7 Å². The zero-order valence-electron chi connectivity index (χ0n) is 18.2. The summed E-state index contributed by atoms with van der Waals surface area (Å²) < 4.78 is 39.6. The lowest BCUT2D eigenvalue weighted by molar-refractivity contribution is -0.138. The first kappa shape index (κ1) is 24.4. The molecule has 0 unspecified atom stereocenters. The number of pyridine rings is 1. The van der Waals surface area contributed by atoms with E-state index in [1.54, 1.807) is 36.5 Å². The quantitative estimate of drug-likeness (QED) is 0.316. The molecule has 34 heavy (non-hydrogen) atoms. The van der Waals surface area contributed by atoms with Gasteiger partial charge in [0.1, 0.15) is 0 Å². The van der Waals surface area contributed by atoms with Crippen LogP contribution < -0.4 is 10.6 Å². The van der Waals surface area contributed by atoms with E-state index in [0.29, 0.717) is 6.07 Å². The molecule has 3 rings (SSSR count). The molecule has 10 heteroatoms. The van der Waals surface area contributed by atoms with Gasteiger partial charge in [-0.2, -0.15) is 13.2 Å². The molecule has 0 aliphatic carbocycles. The molecule has 0 fully saturated rings. The number of hydrogen-bond acceptors (Lipinski definition) is 4. The van der Waals surface area contributed by atoms with E-state index >= 15 is 0 Å². The Bertz CT molecular complexity index is 1270. The zero-order chi connectivity index (χ0) is 25.0. The zero-order valence-corrected chi connectivity index (χ0v) is 18.2. The van der Waals surface area contributed by atoms with Crippen molar-refractivity contribution in [2.75, 3.05) is 10.6 Å². The van der Waals surface area contributed by atoms with Crippen LogP contribution >= 0.6 is 0 Å². The maximum Gasteiger partial charge on any atom is 0.416 e. The highest BCUT2D eigenvalue weighted by Gasteiger charge is 2.33. The minimum absolute atomic E-state index is 0.188. The van der Waals surface area contributed by atoms with Crippen LogP contribution in [0.15, 0.2) is 54.7 Å². The summed E-state index contributed by atoms with van der Waals surface area (Å²) >= 11 is 0. The molecular weight excluding hydrogens is 451 g/mol. The van der Waals surface area contributed by atoms with Crippen molar-refractivity contribution >= 4 is 29.2 Å². The van der Waals surface area contributed by atoms with Gasteiger partial charge in [-0.3, -0.25) is 19.9 Å². The summed E-state index contributed by atoms with van der Waals surface area (Å²) in [5.74, 6) is -1.32. The molecule has 7 nitrogen and oxygen atoms in total. The largest absolute Gasteiger partial charge is 0.465 e. The Kier molecular flexibility index (Phi) is 7.00. The lowest BCUT2D eigenvalue weighted by Crippen LogP contribution is -2.19. The van der Waals surface area contributed by atoms with Crippen molar-refractivity contribution in [2.24, 2.45) is 0 Å². The fourth-order valence-corrected chi connectivity index (χ4v) is 3.37. The fraction of sp³-hybridized carbons (Fsp3) is 0.167. The van der Waals surface area contributed by atoms with E-state index in [9.17, 15) is 27.6 Å². The highest BCUT2D eigenvalue weighted by molar-refractivity contribution is 6.12. The number of aryl methyl sites for hydroxylation is 2. The number of Topliss-reactive ketones (excluding diaryl/α,β-unsaturated/α-hetero) is 1. The second kappa shape index (κ2) is 9.74. The van der Waals surface area contributed by atoms with Gasteiger partial charge in [0.05, 0.1) is 23.4 Å². The number of hydrogen-bond donors (Lipinski definition) is 3. The lowest BCUT2D eigenvalue weighted by Gasteiger charge is -2.17. The van der Waals surface area contributed by atoms with Gasteiger partial charge in [-0.15, -0.1) is 0 Å². The minimum atomic E-state index is -4.71. The molecule has 2 aromatic carbocycles. The number of benzene rings is 2. The molecule has 0 atom stereocenters. The Morgan fingerprint density at radius 1 is 0.941 bits per heavy atom. The Labute approximate surface area is 192 Å². The molecular formula is C24H20F3N3O4. The van der Waals surface area contributed by atoms with Crippen molar-refractivity contribution in [1.82, 2.24) is 4.98 Å². The number of carbonyl (C=O) groups is 3. The summed E-state index contributed by atoms with van der Waals surface area (Å²) in [4.78, 5) is 40.3. The SMILES string of the molecule is Cc1cc(-c2cccc(C(=O)CC(=O)Nc3cc(C)c(C(F)(F)F)cc3NC(=O)O)c2)ccn1. The predicted octanol–water partition coefficient (Wildman–Crippen LogP) is 5.69. The van der Waals surface area contributed by atoms with Crippen LogP contribution in [0, 0.1) is 13.8 Å². The van der Waals surface area contributed by atoms with Crippen LogP contribution in [0.1, 0.15) is 33.6 Å². The van der Waals surface area contributed by atoms with E-state index in [0.717, 1.165) is 22.9 Å². The molecule has 3 N–H and O–H groups in total. The van der Waals surface area contributed by atoms with Crippen molar-refractivity contribution in [2.45, 2.75) is 26.4 Å². The van der Waals surface area contributed by atoms with Gasteiger partial charge in [-0.1, -0.05) is 18.2 Å². The molecule has 1 aromatic heterocycles. The monoisotopic (exact) mass is 471 g/mol. The molecule has 0 spiro atoms. The second-order valence-corrected chi connectivity index (χ2v) is 7.56. The van der Waals surface area contributed by atoms with E-state index in [4.69, 9.17) is 5.11 Å². The standard InChI is InChI=1S/C24H20F3N3O4/c1-13-8-19(20(30-23(33)34)11-18(13)24(25,26)27)29-22(32)12-21(31)17-5-3-4-15(10-17)16-6-7-28-14(2)9-16/h3-11,30H,12H2,1-2H3,(H,29,32)(H,33,34). The summed E-state index contributed by atoms with van der Waals surface area (Å²) in [5.41, 5.74) is 0.756. The number of aromatic nitrogens is 1. The molecule has 0 radical (unpaired) electrons. The van der Waals surface area contributed by atoms with E-state index in [1.165, 1.54) is 6.92 Å². The van der Waals surface area contributed by atoms with Gasteiger partial charge in [-0.25, -0.2) is 4.79 Å². The van der Waals surface area contributed by atoms with E-state index in [2.05, 4.69) is 10.3 Å². The maximum absolute atomic E-state index is 13.2. The Hall–Kier alpha value is -4.21. The first-order valence-corrected chi connectivity index (χ1v) is 10.0. The molecule has 0 saturated heterocycles. The van der Waals surface area contributed by atoms with E-state index in [-0.39, 0.29) is 16.8 Å². The molecule has 3 aromatic rings. The van der Waals surface area contributed by atoms with Crippen molar-refractivity contribution in [3.05, 3.63) is 77.1 Å². The summed E-state index contributed by atoms with van der Waals surface area (Å²) in [5, 5.41) is 13.1.